The van der Waals surface area contributed by atoms with E-state index in [4.69, 9.17) is 0 Å². The minimum Gasteiger partial charge on any atom is -0.354 e. The first-order chi connectivity index (χ1) is 19.1. The molecule has 2 saturated heterocycles. The van der Waals surface area contributed by atoms with Gasteiger partial charge in [-0.05, 0) is 69.3 Å². The number of alkyl halides is 1. The zero-order valence-electron chi connectivity index (χ0n) is 22.1. The number of hydrogen-bond acceptors (Lipinski definition) is 7. The maximum Gasteiger partial charge on any atom is 0.301 e. The molecule has 0 radical (unpaired) electrons. The normalized spacial score (nSPS) is 18.9. The highest BCUT2D eigenvalue weighted by Gasteiger charge is 2.32. The summed E-state index contributed by atoms with van der Waals surface area (Å²) in [5.41, 5.74) is -2.01. The van der Waals surface area contributed by atoms with Crippen LogP contribution < -0.4 is 20.9 Å². The first-order valence-electron chi connectivity index (χ1n) is 13.4. The summed E-state index contributed by atoms with van der Waals surface area (Å²) in [5, 5.41) is 6.90. The number of hydrogen-bond donors (Lipinski definition) is 3. The van der Waals surface area contributed by atoms with Crippen molar-refractivity contribution >= 4 is 32.9 Å². The Morgan fingerprint density at radius 1 is 1.18 bits per heavy atom. The Labute approximate surface area is 230 Å². The van der Waals surface area contributed by atoms with Gasteiger partial charge in [0, 0.05) is 38.3 Å². The predicted octanol–water partition coefficient (Wildman–Crippen LogP) is 3.17. The fourth-order valence-electron chi connectivity index (χ4n) is 5.26. The number of rotatable bonds is 9. The average molecular weight is 580 g/mol. The monoisotopic (exact) mass is 579 g/mol. The summed E-state index contributed by atoms with van der Waals surface area (Å²) in [6, 6.07) is 3.08. The van der Waals surface area contributed by atoms with E-state index >= 15 is 4.39 Å². The Bertz CT molecular complexity index is 1560. The first kappa shape index (κ1) is 28.3. The van der Waals surface area contributed by atoms with Crippen molar-refractivity contribution < 1.29 is 21.6 Å². The van der Waals surface area contributed by atoms with Gasteiger partial charge in [0.25, 0.3) is 5.56 Å². The number of nitrogens with zero attached hydrogens (tertiary/aromatic N) is 4. The van der Waals surface area contributed by atoms with Crippen molar-refractivity contribution in [2.75, 3.05) is 42.8 Å². The summed E-state index contributed by atoms with van der Waals surface area (Å²) < 4.78 is 73.3. The third-order valence-electron chi connectivity index (χ3n) is 7.51. The second-order valence-corrected chi connectivity index (χ2v) is 12.0. The summed E-state index contributed by atoms with van der Waals surface area (Å²) in [5.74, 6) is -1.26. The molecule has 216 valence electrons. The van der Waals surface area contributed by atoms with E-state index in [-0.39, 0.29) is 30.7 Å². The SMILES string of the molecule is Cn1c(=O)c(-c2c(F)ccc(NS(=O)(=O)N3CC[C@@H](F)C3)c2F)cc2cnc(NCCCC3CCNCC3)nc21. The molecule has 14 heteroatoms. The molecule has 5 rings (SSSR count). The maximum absolute atomic E-state index is 15.5. The van der Waals surface area contributed by atoms with Crippen LogP contribution in [0.4, 0.5) is 24.8 Å². The lowest BCUT2D eigenvalue weighted by molar-refractivity contribution is 0.343. The van der Waals surface area contributed by atoms with Gasteiger partial charge in [0.1, 0.15) is 17.6 Å². The lowest BCUT2D eigenvalue weighted by Gasteiger charge is -2.22. The van der Waals surface area contributed by atoms with E-state index in [1.807, 2.05) is 0 Å². The Morgan fingerprint density at radius 3 is 2.67 bits per heavy atom. The maximum atomic E-state index is 15.5. The highest BCUT2D eigenvalue weighted by atomic mass is 32.2. The van der Waals surface area contributed by atoms with Gasteiger partial charge in [0.15, 0.2) is 5.82 Å². The number of anilines is 2. The van der Waals surface area contributed by atoms with Crippen LogP contribution in [-0.2, 0) is 17.3 Å². The zero-order valence-corrected chi connectivity index (χ0v) is 22.9. The smallest absolute Gasteiger partial charge is 0.301 e. The van der Waals surface area contributed by atoms with E-state index in [2.05, 4.69) is 25.3 Å². The molecule has 0 spiro atoms. The molecule has 0 saturated carbocycles. The highest BCUT2D eigenvalue weighted by Crippen LogP contribution is 2.31. The molecule has 1 atom stereocenters. The fourth-order valence-corrected chi connectivity index (χ4v) is 6.53. The summed E-state index contributed by atoms with van der Waals surface area (Å²) >= 11 is 0. The quantitative estimate of drug-likeness (QED) is 0.333. The highest BCUT2D eigenvalue weighted by molar-refractivity contribution is 7.90. The molecule has 3 aromatic rings. The Morgan fingerprint density at radius 2 is 1.95 bits per heavy atom. The van der Waals surface area contributed by atoms with Gasteiger partial charge < -0.3 is 10.6 Å². The summed E-state index contributed by atoms with van der Waals surface area (Å²) in [6.07, 6.45) is 4.57. The van der Waals surface area contributed by atoms with E-state index < -0.39 is 44.8 Å². The van der Waals surface area contributed by atoms with Crippen LogP contribution in [0.15, 0.2) is 29.2 Å². The molecule has 2 aliphatic heterocycles. The van der Waals surface area contributed by atoms with Gasteiger partial charge in [-0.15, -0.1) is 0 Å². The number of aromatic nitrogens is 3. The lowest BCUT2D eigenvalue weighted by atomic mass is 9.93. The van der Waals surface area contributed by atoms with E-state index in [0.717, 1.165) is 42.4 Å². The number of piperidine rings is 1. The van der Waals surface area contributed by atoms with E-state index in [0.29, 0.717) is 23.8 Å². The predicted molar refractivity (Wildman–Crippen MR) is 147 cm³/mol. The van der Waals surface area contributed by atoms with Crippen LogP contribution in [0, 0.1) is 17.6 Å². The van der Waals surface area contributed by atoms with Gasteiger partial charge in [-0.2, -0.15) is 17.7 Å². The number of fused-ring (bicyclic) bond motifs is 1. The van der Waals surface area contributed by atoms with E-state index in [1.165, 1.54) is 36.7 Å². The molecule has 0 bridgehead atoms. The molecule has 0 unspecified atom stereocenters. The van der Waals surface area contributed by atoms with Gasteiger partial charge in [-0.25, -0.2) is 18.2 Å². The molecule has 40 heavy (non-hydrogen) atoms. The van der Waals surface area contributed by atoms with Crippen LogP contribution in [0.1, 0.15) is 32.1 Å². The minimum absolute atomic E-state index is 0.0306. The van der Waals surface area contributed by atoms with Crippen molar-refractivity contribution in [2.24, 2.45) is 13.0 Å². The number of aryl methyl sites for hydroxylation is 1. The number of benzene rings is 1. The summed E-state index contributed by atoms with van der Waals surface area (Å²) in [6.45, 7) is 2.35. The van der Waals surface area contributed by atoms with E-state index in [1.54, 1.807) is 0 Å². The standard InChI is InChI=1S/C26H32F3N7O3S/c1-35-24-17(14-32-26(33-24)31-9-2-3-16-6-10-30-11-7-16)13-19(25(35)37)22-20(28)4-5-21(23(22)29)34-40(38,39)36-12-8-18(27)15-36/h4-5,13-14,16,18,30,34H,2-3,6-12,15H2,1H3,(H,31,32,33)/t18-/m1/s1. The van der Waals surface area contributed by atoms with Crippen molar-refractivity contribution in [1.82, 2.24) is 24.2 Å². The van der Waals surface area contributed by atoms with Crippen molar-refractivity contribution in [2.45, 2.75) is 38.3 Å². The van der Waals surface area contributed by atoms with Crippen LogP contribution in [0.2, 0.25) is 0 Å². The zero-order chi connectivity index (χ0) is 28.4. The van der Waals surface area contributed by atoms with Crippen molar-refractivity contribution in [1.29, 1.82) is 0 Å². The van der Waals surface area contributed by atoms with Crippen LogP contribution in [0.25, 0.3) is 22.2 Å². The van der Waals surface area contributed by atoms with Crippen LogP contribution in [0.5, 0.6) is 0 Å². The van der Waals surface area contributed by atoms with Crippen molar-refractivity contribution in [3.8, 4) is 11.1 Å². The molecule has 0 aliphatic carbocycles. The second kappa shape index (κ2) is 11.7. The lowest BCUT2D eigenvalue weighted by Crippen LogP contribution is -2.34. The molecule has 10 nitrogen and oxygen atoms in total. The Kier molecular flexibility index (Phi) is 8.29. The summed E-state index contributed by atoms with van der Waals surface area (Å²) in [7, 11) is -2.85. The average Bonchev–Trinajstić information content (AvgIpc) is 3.39. The van der Waals surface area contributed by atoms with Crippen LogP contribution in [0.3, 0.4) is 0 Å². The number of halogens is 3. The van der Waals surface area contributed by atoms with Gasteiger partial charge in [0.05, 0.1) is 16.8 Å². The topological polar surface area (TPSA) is 121 Å². The molecular weight excluding hydrogens is 547 g/mol. The Balaban J connectivity index is 1.38. The molecule has 2 aliphatic rings. The molecule has 0 amide bonds. The Hall–Kier alpha value is -3.23. The summed E-state index contributed by atoms with van der Waals surface area (Å²) in [4.78, 5) is 22.0. The number of nitrogens with one attached hydrogen (secondary N) is 3. The third kappa shape index (κ3) is 5.93. The van der Waals surface area contributed by atoms with Gasteiger partial charge >= 0.3 is 10.2 Å². The molecule has 4 heterocycles. The van der Waals surface area contributed by atoms with Crippen molar-refractivity contribution in [3.05, 3.63) is 46.4 Å². The third-order valence-corrected chi connectivity index (χ3v) is 9.00. The van der Waals surface area contributed by atoms with Crippen molar-refractivity contribution in [3.63, 3.8) is 0 Å². The number of pyridine rings is 1. The molecule has 2 aromatic heterocycles. The molecule has 1 aromatic carbocycles. The molecule has 3 N–H and O–H groups in total. The van der Waals surface area contributed by atoms with Gasteiger partial charge in [0.2, 0.25) is 5.95 Å². The molecule has 2 fully saturated rings. The second-order valence-electron chi connectivity index (χ2n) is 10.3. The van der Waals surface area contributed by atoms with Crippen LogP contribution in [-0.4, -0.2) is 66.2 Å². The van der Waals surface area contributed by atoms with Crippen LogP contribution >= 0.6 is 0 Å². The van der Waals surface area contributed by atoms with Gasteiger partial charge in [-0.1, -0.05) is 0 Å². The van der Waals surface area contributed by atoms with E-state index in [9.17, 15) is 22.0 Å². The largest absolute Gasteiger partial charge is 0.354 e. The first-order valence-corrected chi connectivity index (χ1v) is 14.8. The minimum atomic E-state index is -4.29. The van der Waals surface area contributed by atoms with Gasteiger partial charge in [-0.3, -0.25) is 14.1 Å². The fraction of sp³-hybridized carbons (Fsp3) is 0.500. The molecular formula is C26H32F3N7O3S.